The summed E-state index contributed by atoms with van der Waals surface area (Å²) in [6.45, 7) is 0. The van der Waals surface area contributed by atoms with Crippen LogP contribution in [-0.2, 0) is 16.0 Å². The third-order valence-corrected chi connectivity index (χ3v) is 3.24. The fourth-order valence-electron chi connectivity index (χ4n) is 2.50. The van der Waals surface area contributed by atoms with Crippen LogP contribution in [-0.4, -0.2) is 12.9 Å². The van der Waals surface area contributed by atoms with E-state index in [9.17, 15) is 4.79 Å². The number of hydrogen-bond acceptors (Lipinski definition) is 2. The van der Waals surface area contributed by atoms with Crippen LogP contribution in [0.4, 0.5) is 0 Å². The fourth-order valence-corrected chi connectivity index (χ4v) is 2.50. The van der Waals surface area contributed by atoms with E-state index in [0.29, 0.717) is 0 Å². The lowest BCUT2D eigenvalue weighted by Crippen LogP contribution is -2.15. The summed E-state index contributed by atoms with van der Waals surface area (Å²) in [7, 11) is 1.64. The number of aryl methyl sites for hydroxylation is 1. The monoisotopic (exact) mass is 212 g/mol. The summed E-state index contributed by atoms with van der Waals surface area (Å²) in [6.07, 6.45) is 5.30. The molecule has 0 amide bonds. The van der Waals surface area contributed by atoms with Crippen LogP contribution in [0, 0.1) is 0 Å². The van der Waals surface area contributed by atoms with Crippen LogP contribution in [0.15, 0.2) is 30.0 Å². The molecule has 80 valence electrons. The van der Waals surface area contributed by atoms with Gasteiger partial charge >= 0.3 is 0 Å². The summed E-state index contributed by atoms with van der Waals surface area (Å²) in [5.74, 6) is 0.894. The Morgan fingerprint density at radius 2 is 2.06 bits per heavy atom. The van der Waals surface area contributed by atoms with Crippen LogP contribution in [0.3, 0.4) is 0 Å². The third-order valence-electron chi connectivity index (χ3n) is 3.24. The van der Waals surface area contributed by atoms with Crippen molar-refractivity contribution in [1.82, 2.24) is 0 Å². The highest BCUT2D eigenvalue weighted by Gasteiger charge is 2.27. The molecule has 0 radical (unpaired) electrons. The highest BCUT2D eigenvalue weighted by Crippen LogP contribution is 2.37. The summed E-state index contributed by atoms with van der Waals surface area (Å²) in [4.78, 5) is 11.9. The summed E-state index contributed by atoms with van der Waals surface area (Å²) in [5.41, 5.74) is 4.23. The number of carbonyl (C=O) groups excluding carboxylic acids is 1. The van der Waals surface area contributed by atoms with Gasteiger partial charge in [-0.05, 0) is 29.2 Å². The fraction of sp³-hybridized carbons (Fsp3) is 0.214. The van der Waals surface area contributed by atoms with E-state index >= 15 is 0 Å². The first-order valence-corrected chi connectivity index (χ1v) is 5.43. The maximum Gasteiger partial charge on any atom is 0.189 e. The molecular weight excluding hydrogens is 200 g/mol. The van der Waals surface area contributed by atoms with Crippen molar-refractivity contribution >= 4 is 17.4 Å². The first-order valence-electron chi connectivity index (χ1n) is 5.43. The Morgan fingerprint density at radius 1 is 1.19 bits per heavy atom. The highest BCUT2D eigenvalue weighted by molar-refractivity contribution is 6.30. The lowest BCUT2D eigenvalue weighted by atomic mass is 9.81. The molecule has 0 bridgehead atoms. The van der Waals surface area contributed by atoms with Crippen molar-refractivity contribution in [2.45, 2.75) is 12.8 Å². The molecule has 1 aromatic rings. The van der Waals surface area contributed by atoms with Gasteiger partial charge in [-0.3, -0.25) is 4.79 Å². The zero-order valence-corrected chi connectivity index (χ0v) is 9.12. The Labute approximate surface area is 94.2 Å². The van der Waals surface area contributed by atoms with E-state index in [1.165, 1.54) is 5.56 Å². The van der Waals surface area contributed by atoms with E-state index in [0.717, 1.165) is 35.3 Å². The van der Waals surface area contributed by atoms with Crippen molar-refractivity contribution in [2.75, 3.05) is 7.11 Å². The van der Waals surface area contributed by atoms with Gasteiger partial charge in [0.15, 0.2) is 5.78 Å². The molecule has 2 aliphatic carbocycles. The number of ketones is 1. The number of methoxy groups -OCH3 is 1. The molecule has 1 aromatic carbocycles. The molecule has 0 heterocycles. The van der Waals surface area contributed by atoms with Crippen molar-refractivity contribution in [1.29, 1.82) is 0 Å². The second-order valence-electron chi connectivity index (χ2n) is 4.08. The largest absolute Gasteiger partial charge is 0.500 e. The van der Waals surface area contributed by atoms with Gasteiger partial charge < -0.3 is 4.74 Å². The average molecular weight is 212 g/mol. The van der Waals surface area contributed by atoms with Crippen LogP contribution in [0.2, 0.25) is 0 Å². The number of hydrogen-bond donors (Lipinski definition) is 0. The molecule has 0 unspecified atom stereocenters. The van der Waals surface area contributed by atoms with E-state index in [1.807, 2.05) is 18.2 Å². The summed E-state index contributed by atoms with van der Waals surface area (Å²) in [5, 5.41) is 0. The normalized spacial score (nSPS) is 17.4. The summed E-state index contributed by atoms with van der Waals surface area (Å²) in [6, 6.07) is 6.18. The van der Waals surface area contributed by atoms with Crippen LogP contribution in [0.5, 0.6) is 0 Å². The van der Waals surface area contributed by atoms with E-state index in [4.69, 9.17) is 4.74 Å². The molecule has 0 saturated carbocycles. The number of carbonyl (C=O) groups is 1. The van der Waals surface area contributed by atoms with Crippen molar-refractivity contribution < 1.29 is 9.53 Å². The number of ether oxygens (including phenoxy) is 1. The standard InChI is InChI=1S/C14H12O2/c1-16-12-8-6-10-4-2-3-9-5-7-11(15)14(12)13(9)10/h2-5,7H,6,8H2,1H3. The quantitative estimate of drug-likeness (QED) is 0.715. The number of rotatable bonds is 1. The molecule has 0 aliphatic heterocycles. The minimum Gasteiger partial charge on any atom is -0.500 e. The topological polar surface area (TPSA) is 26.3 Å². The molecule has 0 aromatic heterocycles. The molecule has 2 heteroatoms. The van der Waals surface area contributed by atoms with E-state index in [1.54, 1.807) is 13.2 Å². The van der Waals surface area contributed by atoms with E-state index in [2.05, 4.69) is 6.07 Å². The second-order valence-corrected chi connectivity index (χ2v) is 4.08. The minimum atomic E-state index is 0.0662. The molecule has 0 spiro atoms. The van der Waals surface area contributed by atoms with Gasteiger partial charge in [-0.2, -0.15) is 0 Å². The van der Waals surface area contributed by atoms with Crippen molar-refractivity contribution in [3.63, 3.8) is 0 Å². The first kappa shape index (κ1) is 9.40. The zero-order valence-electron chi connectivity index (χ0n) is 9.12. The Bertz CT molecular complexity index is 536. The lowest BCUT2D eigenvalue weighted by Gasteiger charge is -2.24. The van der Waals surface area contributed by atoms with E-state index in [-0.39, 0.29) is 5.78 Å². The predicted molar refractivity (Wildman–Crippen MR) is 62.7 cm³/mol. The second kappa shape index (κ2) is 3.34. The smallest absolute Gasteiger partial charge is 0.189 e. The third kappa shape index (κ3) is 1.16. The molecular formula is C14H12O2. The van der Waals surface area contributed by atoms with Crippen LogP contribution in [0.1, 0.15) is 23.1 Å². The Kier molecular flexibility index (Phi) is 1.96. The molecule has 3 rings (SSSR count). The molecule has 0 N–H and O–H groups in total. The van der Waals surface area contributed by atoms with Gasteiger partial charge in [0.2, 0.25) is 0 Å². The van der Waals surface area contributed by atoms with Crippen LogP contribution < -0.4 is 0 Å². The number of allylic oxidation sites excluding steroid dienone is 3. The first-order chi connectivity index (χ1) is 7.81. The SMILES string of the molecule is COC1=C2C(=O)C=Cc3cccc(c32)CC1. The zero-order chi connectivity index (χ0) is 11.1. The summed E-state index contributed by atoms with van der Waals surface area (Å²) < 4.78 is 5.34. The number of benzene rings is 1. The van der Waals surface area contributed by atoms with Gasteiger partial charge in [0.05, 0.1) is 12.7 Å². The molecule has 2 nitrogen and oxygen atoms in total. The van der Waals surface area contributed by atoms with E-state index < -0.39 is 0 Å². The van der Waals surface area contributed by atoms with Gasteiger partial charge in [0, 0.05) is 6.42 Å². The molecule has 0 atom stereocenters. The predicted octanol–water partition coefficient (Wildman–Crippen LogP) is 2.59. The lowest BCUT2D eigenvalue weighted by molar-refractivity contribution is -0.109. The van der Waals surface area contributed by atoms with Gasteiger partial charge in [-0.15, -0.1) is 0 Å². The maximum absolute atomic E-state index is 11.9. The van der Waals surface area contributed by atoms with Gasteiger partial charge in [-0.25, -0.2) is 0 Å². The van der Waals surface area contributed by atoms with Crippen LogP contribution >= 0.6 is 0 Å². The molecule has 0 saturated heterocycles. The van der Waals surface area contributed by atoms with Crippen molar-refractivity contribution in [3.8, 4) is 0 Å². The van der Waals surface area contributed by atoms with Gasteiger partial charge in [-0.1, -0.05) is 24.3 Å². The molecule has 16 heavy (non-hydrogen) atoms. The van der Waals surface area contributed by atoms with Crippen LogP contribution in [0.25, 0.3) is 11.6 Å². The Morgan fingerprint density at radius 3 is 2.88 bits per heavy atom. The maximum atomic E-state index is 11.9. The Hall–Kier alpha value is -1.83. The minimum absolute atomic E-state index is 0.0662. The highest BCUT2D eigenvalue weighted by atomic mass is 16.5. The van der Waals surface area contributed by atoms with Gasteiger partial charge in [0.1, 0.15) is 5.76 Å². The average Bonchev–Trinajstić information content (AvgIpc) is 2.33. The van der Waals surface area contributed by atoms with Gasteiger partial charge in [0.25, 0.3) is 0 Å². The molecule has 0 fully saturated rings. The molecule has 2 aliphatic rings. The van der Waals surface area contributed by atoms with Crippen molar-refractivity contribution in [2.24, 2.45) is 0 Å². The Balaban J connectivity index is 2.35. The summed E-state index contributed by atoms with van der Waals surface area (Å²) >= 11 is 0. The van der Waals surface area contributed by atoms with Crippen molar-refractivity contribution in [3.05, 3.63) is 46.7 Å².